The highest BCUT2D eigenvalue weighted by atomic mass is 19.1. The lowest BCUT2D eigenvalue weighted by Crippen LogP contribution is -2.29. The molecule has 1 atom stereocenters. The van der Waals surface area contributed by atoms with Crippen molar-refractivity contribution in [1.29, 1.82) is 0 Å². The number of halogens is 1. The summed E-state index contributed by atoms with van der Waals surface area (Å²) in [7, 11) is 1.79. The Morgan fingerprint density at radius 1 is 1.11 bits per heavy atom. The minimum Gasteiger partial charge on any atom is -0.477 e. The van der Waals surface area contributed by atoms with Crippen molar-refractivity contribution in [2.75, 3.05) is 25.5 Å². The lowest BCUT2D eigenvalue weighted by molar-refractivity contribution is -0.130. The van der Waals surface area contributed by atoms with Crippen molar-refractivity contribution >= 4 is 28.3 Å². The number of benzene rings is 1. The lowest BCUT2D eigenvalue weighted by atomic mass is 9.93. The van der Waals surface area contributed by atoms with Gasteiger partial charge in [-0.1, -0.05) is 0 Å². The topological polar surface area (TPSA) is 105 Å². The van der Waals surface area contributed by atoms with Crippen molar-refractivity contribution < 1.29 is 19.0 Å². The standard InChI is InChI=1S/C26H25FN6O3/c1-14-19(12-29-26-25(14)21(34)4-6-36-26)18-7-15-9-22(28-11-16(15)8-20(18)27)30-23-10-17-3-5-32(2)24(35)13-33(17)31-23/h7-12,21,34H,3-6,13H2,1-2H3,(H,28,30,31)/t21-/m1/s1. The number of pyridine rings is 2. The first-order chi connectivity index (χ1) is 17.4. The third-order valence-electron chi connectivity index (χ3n) is 6.94. The summed E-state index contributed by atoms with van der Waals surface area (Å²) < 4.78 is 22.5. The second-order valence-corrected chi connectivity index (χ2v) is 9.29. The fourth-order valence-electron chi connectivity index (χ4n) is 4.87. The average molecular weight is 489 g/mol. The van der Waals surface area contributed by atoms with E-state index in [0.29, 0.717) is 59.2 Å². The maximum Gasteiger partial charge on any atom is 0.244 e. The highest BCUT2D eigenvalue weighted by Gasteiger charge is 2.25. The Bertz CT molecular complexity index is 1520. The number of aliphatic hydroxyl groups excluding tert-OH is 1. The van der Waals surface area contributed by atoms with E-state index < -0.39 is 11.9 Å². The number of amides is 1. The van der Waals surface area contributed by atoms with Gasteiger partial charge in [-0.05, 0) is 36.1 Å². The van der Waals surface area contributed by atoms with Crippen LogP contribution in [0.5, 0.6) is 5.88 Å². The first-order valence-electron chi connectivity index (χ1n) is 11.8. The summed E-state index contributed by atoms with van der Waals surface area (Å²) in [6.07, 6.45) is 3.71. The van der Waals surface area contributed by atoms with E-state index >= 15 is 4.39 Å². The van der Waals surface area contributed by atoms with Gasteiger partial charge in [0.2, 0.25) is 11.8 Å². The predicted octanol–water partition coefficient (Wildman–Crippen LogP) is 3.51. The maximum absolute atomic E-state index is 15.2. The van der Waals surface area contributed by atoms with E-state index in [2.05, 4.69) is 20.4 Å². The van der Waals surface area contributed by atoms with Crippen LogP contribution in [0.4, 0.5) is 16.0 Å². The van der Waals surface area contributed by atoms with Crippen LogP contribution in [-0.2, 0) is 17.8 Å². The van der Waals surface area contributed by atoms with Gasteiger partial charge in [-0.3, -0.25) is 9.48 Å². The Labute approximate surface area is 206 Å². The number of aliphatic hydroxyl groups is 1. The number of carbonyl (C=O) groups is 1. The summed E-state index contributed by atoms with van der Waals surface area (Å²) in [5, 5.41) is 19.7. The smallest absolute Gasteiger partial charge is 0.244 e. The molecule has 0 spiro atoms. The molecule has 1 amide bonds. The molecule has 2 aliphatic rings. The third kappa shape index (κ3) is 3.83. The van der Waals surface area contributed by atoms with Gasteiger partial charge in [0, 0.05) is 72.7 Å². The van der Waals surface area contributed by atoms with Gasteiger partial charge >= 0.3 is 0 Å². The Morgan fingerprint density at radius 2 is 1.97 bits per heavy atom. The fourth-order valence-corrected chi connectivity index (χ4v) is 4.87. The molecular formula is C26H25FN6O3. The Morgan fingerprint density at radius 3 is 2.83 bits per heavy atom. The summed E-state index contributed by atoms with van der Waals surface area (Å²) in [5.41, 5.74) is 3.33. The number of likely N-dealkylation sites (N-methyl/N-ethyl adjacent to an activating group) is 1. The molecule has 6 rings (SSSR count). The average Bonchev–Trinajstić information content (AvgIpc) is 3.17. The largest absolute Gasteiger partial charge is 0.477 e. The summed E-state index contributed by atoms with van der Waals surface area (Å²) in [6, 6.07) is 6.97. The third-order valence-corrected chi connectivity index (χ3v) is 6.94. The van der Waals surface area contributed by atoms with Gasteiger partial charge in [0.1, 0.15) is 18.2 Å². The predicted molar refractivity (Wildman–Crippen MR) is 132 cm³/mol. The van der Waals surface area contributed by atoms with E-state index in [4.69, 9.17) is 4.74 Å². The number of anilines is 2. The van der Waals surface area contributed by atoms with Gasteiger partial charge in [-0.15, -0.1) is 0 Å². The van der Waals surface area contributed by atoms with E-state index in [-0.39, 0.29) is 12.5 Å². The van der Waals surface area contributed by atoms with Gasteiger partial charge in [-0.25, -0.2) is 14.4 Å². The van der Waals surface area contributed by atoms with Crippen molar-refractivity contribution in [3.8, 4) is 17.0 Å². The SMILES string of the molecule is Cc1c(-c2cc3cc(Nc4cc5n(n4)CC(=O)N(C)CC5)ncc3cc2F)cnc2c1[C@H](O)CCO2. The zero-order valence-electron chi connectivity index (χ0n) is 20.0. The van der Waals surface area contributed by atoms with Crippen LogP contribution < -0.4 is 10.1 Å². The molecule has 0 bridgehead atoms. The normalized spacial score (nSPS) is 17.4. The first kappa shape index (κ1) is 22.4. The summed E-state index contributed by atoms with van der Waals surface area (Å²) >= 11 is 0. The molecule has 0 saturated carbocycles. The highest BCUT2D eigenvalue weighted by molar-refractivity contribution is 5.89. The van der Waals surface area contributed by atoms with Crippen LogP contribution in [0.2, 0.25) is 0 Å². The van der Waals surface area contributed by atoms with E-state index in [1.807, 2.05) is 19.1 Å². The lowest BCUT2D eigenvalue weighted by Gasteiger charge is -2.24. The Kier molecular flexibility index (Phi) is 5.33. The van der Waals surface area contributed by atoms with Crippen molar-refractivity contribution in [2.24, 2.45) is 0 Å². The highest BCUT2D eigenvalue weighted by Crippen LogP contribution is 2.39. The minimum absolute atomic E-state index is 0.0211. The zero-order chi connectivity index (χ0) is 25.0. The van der Waals surface area contributed by atoms with Gasteiger partial charge in [0.05, 0.1) is 12.7 Å². The van der Waals surface area contributed by atoms with Crippen LogP contribution in [0.1, 0.15) is 29.3 Å². The molecule has 0 fully saturated rings. The maximum atomic E-state index is 15.2. The van der Waals surface area contributed by atoms with Crippen LogP contribution in [0.3, 0.4) is 0 Å². The van der Waals surface area contributed by atoms with Gasteiger partial charge in [0.15, 0.2) is 5.82 Å². The number of rotatable bonds is 3. The second kappa shape index (κ2) is 8.56. The molecule has 2 aliphatic heterocycles. The van der Waals surface area contributed by atoms with Crippen LogP contribution in [-0.4, -0.2) is 55.9 Å². The molecule has 0 radical (unpaired) electrons. The molecule has 0 unspecified atom stereocenters. The van der Waals surface area contributed by atoms with Crippen molar-refractivity contribution in [1.82, 2.24) is 24.6 Å². The molecule has 184 valence electrons. The van der Waals surface area contributed by atoms with Crippen molar-refractivity contribution in [3.05, 3.63) is 59.3 Å². The van der Waals surface area contributed by atoms with Gasteiger partial charge < -0.3 is 20.1 Å². The number of carbonyl (C=O) groups excluding carboxylic acids is 1. The number of ether oxygens (including phenoxy) is 1. The van der Waals surface area contributed by atoms with E-state index in [0.717, 1.165) is 23.1 Å². The Balaban J connectivity index is 1.34. The Hall–Kier alpha value is -4.05. The monoisotopic (exact) mass is 488 g/mol. The molecule has 36 heavy (non-hydrogen) atoms. The molecule has 9 nitrogen and oxygen atoms in total. The quantitative estimate of drug-likeness (QED) is 0.455. The number of nitrogens with one attached hydrogen (secondary N) is 1. The molecule has 0 saturated heterocycles. The summed E-state index contributed by atoms with van der Waals surface area (Å²) in [5.74, 6) is 1.18. The van der Waals surface area contributed by atoms with E-state index in [9.17, 15) is 9.90 Å². The van der Waals surface area contributed by atoms with Crippen molar-refractivity contribution in [2.45, 2.75) is 32.4 Å². The minimum atomic E-state index is -0.689. The molecule has 5 heterocycles. The van der Waals surface area contributed by atoms with Gasteiger partial charge in [0.25, 0.3) is 0 Å². The van der Waals surface area contributed by atoms with E-state index in [1.54, 1.807) is 35.1 Å². The summed E-state index contributed by atoms with van der Waals surface area (Å²) in [6.45, 7) is 3.10. The number of nitrogens with zero attached hydrogens (tertiary/aromatic N) is 5. The number of hydrogen-bond acceptors (Lipinski definition) is 7. The van der Waals surface area contributed by atoms with Gasteiger partial charge in [-0.2, -0.15) is 5.10 Å². The van der Waals surface area contributed by atoms with Crippen LogP contribution in [0.25, 0.3) is 21.9 Å². The van der Waals surface area contributed by atoms with Crippen LogP contribution in [0, 0.1) is 12.7 Å². The number of hydrogen-bond donors (Lipinski definition) is 2. The molecule has 1 aromatic carbocycles. The first-order valence-corrected chi connectivity index (χ1v) is 11.8. The van der Waals surface area contributed by atoms with Crippen LogP contribution in [0.15, 0.2) is 36.7 Å². The fraction of sp³-hybridized carbons (Fsp3) is 0.308. The number of fused-ring (bicyclic) bond motifs is 3. The molecule has 10 heteroatoms. The van der Waals surface area contributed by atoms with Crippen molar-refractivity contribution in [3.63, 3.8) is 0 Å². The number of aromatic nitrogens is 4. The second-order valence-electron chi connectivity index (χ2n) is 9.29. The zero-order valence-corrected chi connectivity index (χ0v) is 20.0. The van der Waals surface area contributed by atoms with E-state index in [1.165, 1.54) is 6.07 Å². The molecule has 4 aromatic rings. The molecule has 0 aliphatic carbocycles. The molecule has 2 N–H and O–H groups in total. The molecular weight excluding hydrogens is 463 g/mol. The summed E-state index contributed by atoms with van der Waals surface area (Å²) in [4.78, 5) is 22.6. The molecule has 3 aromatic heterocycles. The van der Waals surface area contributed by atoms with Crippen LogP contribution >= 0.6 is 0 Å².